The Labute approximate surface area is 118 Å². The van der Waals surface area contributed by atoms with Crippen LogP contribution in [-0.2, 0) is 4.79 Å². The van der Waals surface area contributed by atoms with Gasteiger partial charge in [-0.3, -0.25) is 9.79 Å². The maximum atomic E-state index is 11.9. The predicted molar refractivity (Wildman–Crippen MR) is 83.0 cm³/mol. The van der Waals surface area contributed by atoms with Crippen LogP contribution in [0.1, 0.15) is 31.2 Å². The molecule has 4 heteroatoms. The topological polar surface area (TPSA) is 41.5 Å². The zero-order valence-electron chi connectivity index (χ0n) is 11.3. The highest BCUT2D eigenvalue weighted by Gasteiger charge is 2.09. The summed E-state index contributed by atoms with van der Waals surface area (Å²) in [7, 11) is 0. The van der Waals surface area contributed by atoms with Gasteiger partial charge in [-0.2, -0.15) is 0 Å². The van der Waals surface area contributed by atoms with E-state index in [1.807, 2.05) is 31.2 Å². The first kappa shape index (κ1) is 14.1. The summed E-state index contributed by atoms with van der Waals surface area (Å²) >= 11 is 1.58. The molecule has 0 spiro atoms. The van der Waals surface area contributed by atoms with E-state index in [0.29, 0.717) is 5.75 Å². The monoisotopic (exact) mass is 276 g/mol. The van der Waals surface area contributed by atoms with Crippen molar-refractivity contribution in [1.82, 2.24) is 0 Å². The largest absolute Gasteiger partial charge is 0.325 e. The van der Waals surface area contributed by atoms with Crippen LogP contribution < -0.4 is 5.32 Å². The van der Waals surface area contributed by atoms with E-state index >= 15 is 0 Å². The van der Waals surface area contributed by atoms with Crippen molar-refractivity contribution in [2.45, 2.75) is 32.6 Å². The molecule has 102 valence electrons. The van der Waals surface area contributed by atoms with Crippen molar-refractivity contribution in [2.75, 3.05) is 17.6 Å². The van der Waals surface area contributed by atoms with E-state index in [9.17, 15) is 4.79 Å². The van der Waals surface area contributed by atoms with Crippen molar-refractivity contribution in [3.05, 3.63) is 29.8 Å². The molecule has 0 radical (unpaired) electrons. The third-order valence-electron chi connectivity index (χ3n) is 3.13. The average molecular weight is 276 g/mol. The zero-order valence-corrected chi connectivity index (χ0v) is 12.1. The number of carbonyl (C=O) groups excluding carboxylic acids is 1. The lowest BCUT2D eigenvalue weighted by atomic mass is 10.2. The van der Waals surface area contributed by atoms with Crippen molar-refractivity contribution in [3.8, 4) is 0 Å². The SMILES string of the molecule is Cc1ccccc1NC(=O)CSC1=NCCCCC1. The number of anilines is 1. The highest BCUT2D eigenvalue weighted by molar-refractivity contribution is 8.14. The number of hydrogen-bond donors (Lipinski definition) is 1. The number of rotatable bonds is 3. The maximum Gasteiger partial charge on any atom is 0.234 e. The minimum atomic E-state index is 0.0475. The third-order valence-corrected chi connectivity index (χ3v) is 4.20. The van der Waals surface area contributed by atoms with E-state index in [0.717, 1.165) is 29.3 Å². The van der Waals surface area contributed by atoms with Gasteiger partial charge >= 0.3 is 0 Å². The Bertz CT molecular complexity index is 471. The second kappa shape index (κ2) is 7.34. The van der Waals surface area contributed by atoms with Gasteiger partial charge in [0.2, 0.25) is 5.91 Å². The van der Waals surface area contributed by atoms with Crippen molar-refractivity contribution in [2.24, 2.45) is 4.99 Å². The molecule has 0 fully saturated rings. The fourth-order valence-electron chi connectivity index (χ4n) is 2.01. The molecule has 19 heavy (non-hydrogen) atoms. The molecule has 1 aromatic carbocycles. The second-order valence-electron chi connectivity index (χ2n) is 4.74. The van der Waals surface area contributed by atoms with Gasteiger partial charge in [-0.25, -0.2) is 0 Å². The summed E-state index contributed by atoms with van der Waals surface area (Å²) in [6, 6.07) is 7.84. The first-order valence-corrected chi connectivity index (χ1v) is 7.76. The summed E-state index contributed by atoms with van der Waals surface area (Å²) in [5.74, 6) is 0.499. The van der Waals surface area contributed by atoms with Gasteiger partial charge < -0.3 is 5.32 Å². The predicted octanol–water partition coefficient (Wildman–Crippen LogP) is 3.64. The van der Waals surface area contributed by atoms with Crippen LogP contribution >= 0.6 is 11.8 Å². The van der Waals surface area contributed by atoms with Gasteiger partial charge in [0, 0.05) is 12.2 Å². The number of aryl methyl sites for hydroxylation is 1. The molecule has 1 amide bonds. The highest BCUT2D eigenvalue weighted by atomic mass is 32.2. The second-order valence-corrected chi connectivity index (χ2v) is 5.79. The minimum Gasteiger partial charge on any atom is -0.325 e. The number of nitrogens with one attached hydrogen (secondary N) is 1. The molecule has 1 heterocycles. The highest BCUT2D eigenvalue weighted by Crippen LogP contribution is 2.17. The van der Waals surface area contributed by atoms with E-state index in [-0.39, 0.29) is 5.91 Å². The van der Waals surface area contributed by atoms with Crippen LogP contribution in [0.2, 0.25) is 0 Å². The first-order valence-electron chi connectivity index (χ1n) is 6.77. The summed E-state index contributed by atoms with van der Waals surface area (Å²) in [6.45, 7) is 2.92. The molecular weight excluding hydrogens is 256 g/mol. The van der Waals surface area contributed by atoms with Crippen LogP contribution in [0.5, 0.6) is 0 Å². The van der Waals surface area contributed by atoms with Gasteiger partial charge in [0.15, 0.2) is 0 Å². The van der Waals surface area contributed by atoms with Crippen LogP contribution in [-0.4, -0.2) is 23.2 Å². The fourth-order valence-corrected chi connectivity index (χ4v) is 2.85. The average Bonchev–Trinajstić information content (AvgIpc) is 2.68. The van der Waals surface area contributed by atoms with E-state index < -0.39 is 0 Å². The normalized spacial score (nSPS) is 15.5. The summed E-state index contributed by atoms with van der Waals surface area (Å²) in [6.07, 6.45) is 4.66. The minimum absolute atomic E-state index is 0.0475. The molecule has 0 aliphatic carbocycles. The molecule has 1 aliphatic heterocycles. The number of aliphatic imine (C=N–C) groups is 1. The van der Waals surface area contributed by atoms with Gasteiger partial charge in [-0.05, 0) is 37.8 Å². The number of benzene rings is 1. The molecular formula is C15H20N2OS. The molecule has 0 aromatic heterocycles. The molecule has 3 nitrogen and oxygen atoms in total. The Balaban J connectivity index is 1.81. The lowest BCUT2D eigenvalue weighted by Crippen LogP contribution is -2.16. The lowest BCUT2D eigenvalue weighted by Gasteiger charge is -2.08. The van der Waals surface area contributed by atoms with Crippen molar-refractivity contribution in [3.63, 3.8) is 0 Å². The van der Waals surface area contributed by atoms with Gasteiger partial charge in [0.1, 0.15) is 0 Å². The molecule has 1 N–H and O–H groups in total. The lowest BCUT2D eigenvalue weighted by molar-refractivity contribution is -0.113. The molecule has 2 rings (SSSR count). The number of amides is 1. The van der Waals surface area contributed by atoms with Gasteiger partial charge in [0.25, 0.3) is 0 Å². The standard InChI is InChI=1S/C15H20N2OS/c1-12-7-4-5-8-13(12)17-14(18)11-19-15-9-3-2-6-10-16-15/h4-5,7-8H,2-3,6,9-11H2,1H3,(H,17,18). The Hall–Kier alpha value is -1.29. The first-order chi connectivity index (χ1) is 9.25. The molecule has 0 saturated heterocycles. The van der Waals surface area contributed by atoms with Gasteiger partial charge in [-0.15, -0.1) is 11.8 Å². The molecule has 0 atom stereocenters. The Morgan fingerprint density at radius 1 is 1.32 bits per heavy atom. The van der Waals surface area contributed by atoms with Crippen LogP contribution in [0, 0.1) is 6.92 Å². The summed E-state index contributed by atoms with van der Waals surface area (Å²) < 4.78 is 0. The van der Waals surface area contributed by atoms with Crippen LogP contribution in [0.25, 0.3) is 0 Å². The van der Waals surface area contributed by atoms with Gasteiger partial charge in [0.05, 0.1) is 10.8 Å². The van der Waals surface area contributed by atoms with Crippen LogP contribution in [0.4, 0.5) is 5.69 Å². The van der Waals surface area contributed by atoms with Crippen molar-refractivity contribution < 1.29 is 4.79 Å². The zero-order chi connectivity index (χ0) is 13.5. The summed E-state index contributed by atoms with van der Waals surface area (Å²) in [4.78, 5) is 16.4. The Morgan fingerprint density at radius 3 is 3.00 bits per heavy atom. The fraction of sp³-hybridized carbons (Fsp3) is 0.467. The maximum absolute atomic E-state index is 11.9. The number of para-hydroxylation sites is 1. The quantitative estimate of drug-likeness (QED) is 0.915. The summed E-state index contributed by atoms with van der Waals surface area (Å²) in [5, 5.41) is 4.09. The number of nitrogens with zero attached hydrogens (tertiary/aromatic N) is 1. The van der Waals surface area contributed by atoms with Crippen molar-refractivity contribution >= 4 is 28.4 Å². The van der Waals surface area contributed by atoms with Crippen LogP contribution in [0.3, 0.4) is 0 Å². The molecule has 0 saturated carbocycles. The van der Waals surface area contributed by atoms with Crippen LogP contribution in [0.15, 0.2) is 29.3 Å². The smallest absolute Gasteiger partial charge is 0.234 e. The molecule has 0 unspecified atom stereocenters. The van der Waals surface area contributed by atoms with Crippen molar-refractivity contribution in [1.29, 1.82) is 0 Å². The van der Waals surface area contributed by atoms with E-state index in [1.165, 1.54) is 19.3 Å². The van der Waals surface area contributed by atoms with E-state index in [4.69, 9.17) is 0 Å². The molecule has 0 bridgehead atoms. The number of carbonyl (C=O) groups is 1. The van der Waals surface area contributed by atoms with E-state index in [2.05, 4.69) is 10.3 Å². The molecule has 1 aliphatic rings. The third kappa shape index (κ3) is 4.71. The van der Waals surface area contributed by atoms with E-state index in [1.54, 1.807) is 11.8 Å². The summed E-state index contributed by atoms with van der Waals surface area (Å²) in [5.41, 5.74) is 1.99. The Kier molecular flexibility index (Phi) is 5.45. The molecule has 1 aromatic rings. The number of hydrogen-bond acceptors (Lipinski definition) is 3. The Morgan fingerprint density at radius 2 is 2.16 bits per heavy atom. The van der Waals surface area contributed by atoms with Gasteiger partial charge in [-0.1, -0.05) is 24.6 Å². The number of thioether (sulfide) groups is 1.